The van der Waals surface area contributed by atoms with Gasteiger partial charge in [0.05, 0.1) is 41.1 Å². The zero-order valence-electron chi connectivity index (χ0n) is 23.5. The second-order valence-electron chi connectivity index (χ2n) is 9.14. The summed E-state index contributed by atoms with van der Waals surface area (Å²) < 4.78 is 8.05. The number of fused-ring (bicyclic) bond motifs is 1. The molecule has 0 aliphatic carbocycles. The molecule has 0 amide bonds. The summed E-state index contributed by atoms with van der Waals surface area (Å²) in [4.78, 5) is 13.7. The molecule has 0 radical (unpaired) electrons. The molecule has 2 N–H and O–H groups in total. The van der Waals surface area contributed by atoms with Crippen LogP contribution in [0.15, 0.2) is 48.9 Å². The Morgan fingerprint density at radius 3 is 2.47 bits per heavy atom. The lowest BCUT2D eigenvalue weighted by molar-refractivity contribution is 0.311. The predicted octanol–water partition coefficient (Wildman–Crippen LogP) is 5.48. The molecule has 9 heteroatoms. The normalized spacial score (nSPS) is 11.2. The molecule has 0 atom stereocenters. The van der Waals surface area contributed by atoms with E-state index < -0.39 is 0 Å². The van der Waals surface area contributed by atoms with Gasteiger partial charge in [-0.1, -0.05) is 19.9 Å². The van der Waals surface area contributed by atoms with Gasteiger partial charge in [-0.2, -0.15) is 5.10 Å². The first-order valence-corrected chi connectivity index (χ1v) is 13.5. The average molecular weight is 517 g/mol. The molecule has 38 heavy (non-hydrogen) atoms. The van der Waals surface area contributed by atoms with E-state index in [0.29, 0.717) is 12.4 Å². The van der Waals surface area contributed by atoms with Gasteiger partial charge in [0.15, 0.2) is 0 Å². The Morgan fingerprint density at radius 1 is 0.947 bits per heavy atom. The Morgan fingerprint density at radius 2 is 1.76 bits per heavy atom. The van der Waals surface area contributed by atoms with Crippen LogP contribution in [0.1, 0.15) is 27.7 Å². The van der Waals surface area contributed by atoms with Crippen LogP contribution in [0.3, 0.4) is 0 Å². The Kier molecular flexibility index (Phi) is 9.02. The maximum absolute atomic E-state index is 6.06. The number of anilines is 4. The van der Waals surface area contributed by atoms with Crippen LogP contribution in [0.25, 0.3) is 22.2 Å². The van der Waals surface area contributed by atoms with Crippen LogP contribution in [-0.4, -0.2) is 71.5 Å². The molecule has 0 aliphatic heterocycles. The van der Waals surface area contributed by atoms with Gasteiger partial charge in [-0.25, -0.2) is 9.97 Å². The molecule has 4 aromatic rings. The van der Waals surface area contributed by atoms with Gasteiger partial charge >= 0.3 is 0 Å². The van der Waals surface area contributed by atoms with Crippen molar-refractivity contribution in [2.24, 2.45) is 0 Å². The number of nitrogens with zero attached hydrogens (tertiary/aromatic N) is 6. The number of likely N-dealkylation sites (N-methyl/N-ethyl adjacent to an activating group) is 2. The number of aryl methyl sites for hydroxylation is 1. The first-order chi connectivity index (χ1) is 18.5. The molecule has 0 unspecified atom stereocenters. The van der Waals surface area contributed by atoms with Crippen LogP contribution in [0.4, 0.5) is 22.9 Å². The summed E-state index contributed by atoms with van der Waals surface area (Å²) >= 11 is 0. The van der Waals surface area contributed by atoms with Gasteiger partial charge in [-0.3, -0.25) is 4.68 Å². The minimum atomic E-state index is 0.566. The van der Waals surface area contributed by atoms with Crippen molar-refractivity contribution in [2.75, 3.05) is 62.4 Å². The molecule has 2 aromatic heterocycles. The molecule has 0 saturated carbocycles. The number of benzene rings is 2. The summed E-state index contributed by atoms with van der Waals surface area (Å²) in [6.07, 6.45) is 3.49. The van der Waals surface area contributed by atoms with Gasteiger partial charge in [0.1, 0.15) is 17.9 Å². The minimum Gasteiger partial charge on any atom is -0.492 e. The number of aromatic nitrogens is 4. The average Bonchev–Trinajstić information content (AvgIpc) is 3.37. The summed E-state index contributed by atoms with van der Waals surface area (Å²) in [5.74, 6) is 1.48. The quantitative estimate of drug-likeness (QED) is 0.242. The summed E-state index contributed by atoms with van der Waals surface area (Å²) in [5.41, 5.74) is 5.94. The van der Waals surface area contributed by atoms with Crippen molar-refractivity contribution >= 4 is 33.8 Å². The van der Waals surface area contributed by atoms with E-state index in [-0.39, 0.29) is 0 Å². The third-order valence-electron chi connectivity index (χ3n) is 6.89. The second kappa shape index (κ2) is 12.6. The van der Waals surface area contributed by atoms with E-state index in [1.54, 1.807) is 6.33 Å². The van der Waals surface area contributed by atoms with E-state index in [9.17, 15) is 0 Å². The molecule has 0 spiro atoms. The molecule has 4 rings (SSSR count). The Labute approximate surface area is 225 Å². The Balaban J connectivity index is 1.61. The monoisotopic (exact) mass is 516 g/mol. The Hall–Kier alpha value is -3.85. The molecule has 0 fully saturated rings. The molecular weight excluding hydrogens is 476 g/mol. The van der Waals surface area contributed by atoms with Gasteiger partial charge in [0.25, 0.3) is 0 Å². The highest BCUT2D eigenvalue weighted by molar-refractivity contribution is 5.85. The molecule has 0 aliphatic rings. The Bertz CT molecular complexity index is 1350. The lowest BCUT2D eigenvalue weighted by atomic mass is 10.1. The van der Waals surface area contributed by atoms with Crippen LogP contribution < -0.4 is 20.3 Å². The van der Waals surface area contributed by atoms with E-state index in [0.717, 1.165) is 77.7 Å². The molecule has 2 aromatic carbocycles. The fraction of sp³-hybridized carbons (Fsp3) is 0.414. The van der Waals surface area contributed by atoms with Crippen LogP contribution in [-0.2, 0) is 6.54 Å². The van der Waals surface area contributed by atoms with Crippen LogP contribution in [0.5, 0.6) is 5.75 Å². The summed E-state index contributed by atoms with van der Waals surface area (Å²) in [6.45, 7) is 13.9. The fourth-order valence-electron chi connectivity index (χ4n) is 4.63. The predicted molar refractivity (Wildman–Crippen MR) is 158 cm³/mol. The van der Waals surface area contributed by atoms with Crippen molar-refractivity contribution in [1.82, 2.24) is 24.6 Å². The smallest absolute Gasteiger partial charge is 0.144 e. The zero-order chi connectivity index (χ0) is 27.1. The second-order valence-corrected chi connectivity index (χ2v) is 9.14. The number of rotatable bonds is 13. The van der Waals surface area contributed by atoms with Crippen molar-refractivity contribution in [3.05, 3.63) is 48.9 Å². The van der Waals surface area contributed by atoms with E-state index in [1.165, 1.54) is 0 Å². The van der Waals surface area contributed by atoms with Gasteiger partial charge in [0.2, 0.25) is 0 Å². The molecule has 0 bridgehead atoms. The molecular formula is C29H40N8O. The first kappa shape index (κ1) is 27.2. The zero-order valence-corrected chi connectivity index (χ0v) is 23.5. The maximum atomic E-state index is 6.06. The lowest BCUT2D eigenvalue weighted by Gasteiger charge is -2.27. The van der Waals surface area contributed by atoms with E-state index in [4.69, 9.17) is 4.74 Å². The van der Waals surface area contributed by atoms with Gasteiger partial charge < -0.3 is 25.2 Å². The summed E-state index contributed by atoms with van der Waals surface area (Å²) in [5, 5.41) is 12.4. The van der Waals surface area contributed by atoms with Gasteiger partial charge in [-0.15, -0.1) is 0 Å². The van der Waals surface area contributed by atoms with Crippen molar-refractivity contribution in [3.63, 3.8) is 0 Å². The highest BCUT2D eigenvalue weighted by Crippen LogP contribution is 2.38. The third kappa shape index (κ3) is 5.99. The highest BCUT2D eigenvalue weighted by Gasteiger charge is 2.16. The van der Waals surface area contributed by atoms with Crippen LogP contribution in [0, 0.1) is 0 Å². The number of hydrogen-bond donors (Lipinski definition) is 2. The third-order valence-corrected chi connectivity index (χ3v) is 6.89. The van der Waals surface area contributed by atoms with E-state index >= 15 is 0 Å². The summed E-state index contributed by atoms with van der Waals surface area (Å²) in [7, 11) is 4.07. The molecule has 0 saturated heterocycles. The first-order valence-electron chi connectivity index (χ1n) is 13.5. The van der Waals surface area contributed by atoms with E-state index in [2.05, 4.69) is 93.7 Å². The van der Waals surface area contributed by atoms with Crippen LogP contribution >= 0.6 is 0 Å². The molecule has 9 nitrogen and oxygen atoms in total. The van der Waals surface area contributed by atoms with Gasteiger partial charge in [0, 0.05) is 56.8 Å². The lowest BCUT2D eigenvalue weighted by Crippen LogP contribution is -2.33. The number of ether oxygens (including phenoxy) is 1. The van der Waals surface area contributed by atoms with Crippen molar-refractivity contribution in [2.45, 2.75) is 34.2 Å². The summed E-state index contributed by atoms with van der Waals surface area (Å²) in [6, 6.07) is 12.4. The molecule has 202 valence electrons. The van der Waals surface area contributed by atoms with Gasteiger partial charge in [-0.05, 0) is 45.1 Å². The standard InChI is InChI=1S/C29H40N8O/c1-7-36(8-2)14-13-35(6)27-18-28(38-10-4)25(16-24(27)30-5)34-29-17-23(31-20-32-29)21-11-12-26-22(15-21)19-33-37(26)9-3/h11-12,15-20,30H,7-10,13-14H2,1-6H3,(H,31,32,34). The molecule has 2 heterocycles. The maximum Gasteiger partial charge on any atom is 0.144 e. The van der Waals surface area contributed by atoms with Crippen molar-refractivity contribution in [1.29, 1.82) is 0 Å². The fourth-order valence-corrected chi connectivity index (χ4v) is 4.63. The SMILES string of the molecule is CCOc1cc(N(C)CCN(CC)CC)c(NC)cc1Nc1cc(-c2ccc3c(cnn3CC)c2)ncn1. The van der Waals surface area contributed by atoms with Crippen molar-refractivity contribution < 1.29 is 4.74 Å². The van der Waals surface area contributed by atoms with Crippen LogP contribution in [0.2, 0.25) is 0 Å². The topological polar surface area (TPSA) is 83.4 Å². The number of hydrogen-bond acceptors (Lipinski definition) is 8. The van der Waals surface area contributed by atoms with Crippen molar-refractivity contribution in [3.8, 4) is 17.0 Å². The minimum absolute atomic E-state index is 0.566. The highest BCUT2D eigenvalue weighted by atomic mass is 16.5. The van der Waals surface area contributed by atoms with E-state index in [1.807, 2.05) is 30.9 Å². The largest absolute Gasteiger partial charge is 0.492 e. The number of nitrogens with one attached hydrogen (secondary N) is 2.